The second kappa shape index (κ2) is 7.01. The first kappa shape index (κ1) is 12.7. The molecule has 0 saturated heterocycles. The molecule has 0 aliphatic heterocycles. The lowest BCUT2D eigenvalue weighted by molar-refractivity contribution is -0.120. The van der Waals surface area contributed by atoms with Crippen molar-refractivity contribution in [1.82, 2.24) is 10.6 Å². The van der Waals surface area contributed by atoms with E-state index in [2.05, 4.69) is 22.8 Å². The standard InChI is InChI=1S/C13H20N2O/c1-11(2)15-13(16)10-14-9-8-12-6-4-3-5-7-12/h3-7,11,14H,8-10H2,1-2H3,(H,15,16). The predicted molar refractivity (Wildman–Crippen MR) is 66.3 cm³/mol. The van der Waals surface area contributed by atoms with Crippen LogP contribution in [0.5, 0.6) is 0 Å². The second-order valence-corrected chi connectivity index (χ2v) is 4.13. The van der Waals surface area contributed by atoms with Crippen molar-refractivity contribution in [3.8, 4) is 0 Å². The number of hydrogen-bond donors (Lipinski definition) is 2. The van der Waals surface area contributed by atoms with Crippen LogP contribution in [-0.4, -0.2) is 25.0 Å². The highest BCUT2D eigenvalue weighted by atomic mass is 16.1. The van der Waals surface area contributed by atoms with Crippen LogP contribution in [0.3, 0.4) is 0 Å². The van der Waals surface area contributed by atoms with Crippen LogP contribution in [0.4, 0.5) is 0 Å². The lowest BCUT2D eigenvalue weighted by Crippen LogP contribution is -2.38. The van der Waals surface area contributed by atoms with Gasteiger partial charge in [0.1, 0.15) is 0 Å². The van der Waals surface area contributed by atoms with Gasteiger partial charge < -0.3 is 10.6 Å². The minimum Gasteiger partial charge on any atom is -0.353 e. The molecule has 0 saturated carbocycles. The van der Waals surface area contributed by atoms with Gasteiger partial charge in [-0.15, -0.1) is 0 Å². The number of nitrogens with one attached hydrogen (secondary N) is 2. The van der Waals surface area contributed by atoms with E-state index in [1.54, 1.807) is 0 Å². The maximum absolute atomic E-state index is 11.3. The molecule has 0 aliphatic rings. The average Bonchev–Trinajstić information content (AvgIpc) is 2.25. The Bertz CT molecular complexity index is 309. The molecule has 1 rings (SSSR count). The summed E-state index contributed by atoms with van der Waals surface area (Å²) in [5, 5.41) is 5.97. The van der Waals surface area contributed by atoms with Crippen molar-refractivity contribution in [3.63, 3.8) is 0 Å². The van der Waals surface area contributed by atoms with E-state index in [-0.39, 0.29) is 11.9 Å². The van der Waals surface area contributed by atoms with Crippen LogP contribution in [-0.2, 0) is 11.2 Å². The topological polar surface area (TPSA) is 41.1 Å². The molecule has 0 bridgehead atoms. The Hall–Kier alpha value is -1.35. The SMILES string of the molecule is CC(C)NC(=O)CNCCc1ccccc1. The maximum Gasteiger partial charge on any atom is 0.234 e. The lowest BCUT2D eigenvalue weighted by atomic mass is 10.1. The zero-order valence-electron chi connectivity index (χ0n) is 9.99. The van der Waals surface area contributed by atoms with Crippen molar-refractivity contribution in [3.05, 3.63) is 35.9 Å². The monoisotopic (exact) mass is 220 g/mol. The van der Waals surface area contributed by atoms with E-state index in [9.17, 15) is 4.79 Å². The van der Waals surface area contributed by atoms with E-state index in [0.29, 0.717) is 6.54 Å². The summed E-state index contributed by atoms with van der Waals surface area (Å²) in [4.78, 5) is 11.3. The molecule has 0 spiro atoms. The molecular weight excluding hydrogens is 200 g/mol. The normalized spacial score (nSPS) is 10.4. The highest BCUT2D eigenvalue weighted by Crippen LogP contribution is 1.97. The summed E-state index contributed by atoms with van der Waals surface area (Å²) in [7, 11) is 0. The first-order valence-corrected chi connectivity index (χ1v) is 5.72. The number of carbonyl (C=O) groups excluding carboxylic acids is 1. The van der Waals surface area contributed by atoms with Crippen molar-refractivity contribution in [2.45, 2.75) is 26.3 Å². The van der Waals surface area contributed by atoms with Crippen LogP contribution in [0, 0.1) is 0 Å². The molecule has 1 amide bonds. The Kier molecular flexibility index (Phi) is 5.57. The van der Waals surface area contributed by atoms with Crippen molar-refractivity contribution in [2.24, 2.45) is 0 Å². The Balaban J connectivity index is 2.10. The van der Waals surface area contributed by atoms with Gasteiger partial charge in [0, 0.05) is 6.04 Å². The fourth-order valence-corrected chi connectivity index (χ4v) is 1.45. The highest BCUT2D eigenvalue weighted by molar-refractivity contribution is 5.78. The van der Waals surface area contributed by atoms with E-state index in [0.717, 1.165) is 13.0 Å². The van der Waals surface area contributed by atoms with Gasteiger partial charge in [0.15, 0.2) is 0 Å². The molecule has 0 heterocycles. The van der Waals surface area contributed by atoms with E-state index in [1.807, 2.05) is 32.0 Å². The summed E-state index contributed by atoms with van der Waals surface area (Å²) >= 11 is 0. The molecule has 0 radical (unpaired) electrons. The Morgan fingerprint density at radius 1 is 1.25 bits per heavy atom. The minimum atomic E-state index is 0.0584. The molecule has 1 aromatic rings. The van der Waals surface area contributed by atoms with Gasteiger partial charge in [0.25, 0.3) is 0 Å². The molecule has 2 N–H and O–H groups in total. The number of rotatable bonds is 6. The van der Waals surface area contributed by atoms with Crippen LogP contribution in [0.1, 0.15) is 19.4 Å². The second-order valence-electron chi connectivity index (χ2n) is 4.13. The fraction of sp³-hybridized carbons (Fsp3) is 0.462. The Morgan fingerprint density at radius 2 is 1.94 bits per heavy atom. The summed E-state index contributed by atoms with van der Waals surface area (Å²) in [6, 6.07) is 10.5. The lowest BCUT2D eigenvalue weighted by Gasteiger charge is -2.09. The van der Waals surface area contributed by atoms with E-state index in [4.69, 9.17) is 0 Å². The summed E-state index contributed by atoms with van der Waals surface area (Å²) in [6.45, 7) is 5.14. The van der Waals surface area contributed by atoms with Gasteiger partial charge in [-0.05, 0) is 32.4 Å². The quantitative estimate of drug-likeness (QED) is 0.710. The largest absolute Gasteiger partial charge is 0.353 e. The predicted octanol–water partition coefficient (Wildman–Crippen LogP) is 1.34. The number of hydrogen-bond acceptors (Lipinski definition) is 2. The van der Waals surface area contributed by atoms with Gasteiger partial charge in [-0.3, -0.25) is 4.79 Å². The smallest absolute Gasteiger partial charge is 0.234 e. The van der Waals surface area contributed by atoms with Crippen molar-refractivity contribution >= 4 is 5.91 Å². The average molecular weight is 220 g/mol. The molecule has 16 heavy (non-hydrogen) atoms. The molecule has 0 aromatic heterocycles. The molecule has 0 aliphatic carbocycles. The van der Waals surface area contributed by atoms with Gasteiger partial charge in [-0.2, -0.15) is 0 Å². The molecule has 0 atom stereocenters. The van der Waals surface area contributed by atoms with Crippen LogP contribution in [0.15, 0.2) is 30.3 Å². The zero-order valence-corrected chi connectivity index (χ0v) is 9.99. The number of amides is 1. The summed E-state index contributed by atoms with van der Waals surface area (Å²) in [6.07, 6.45) is 0.954. The summed E-state index contributed by atoms with van der Waals surface area (Å²) in [5.41, 5.74) is 1.29. The summed E-state index contributed by atoms with van der Waals surface area (Å²) in [5.74, 6) is 0.0584. The maximum atomic E-state index is 11.3. The zero-order chi connectivity index (χ0) is 11.8. The van der Waals surface area contributed by atoms with E-state index < -0.39 is 0 Å². The van der Waals surface area contributed by atoms with E-state index >= 15 is 0 Å². The third kappa shape index (κ3) is 5.51. The minimum absolute atomic E-state index is 0.0584. The number of carbonyl (C=O) groups is 1. The first-order valence-electron chi connectivity index (χ1n) is 5.72. The highest BCUT2D eigenvalue weighted by Gasteiger charge is 2.01. The number of benzene rings is 1. The molecule has 3 nitrogen and oxygen atoms in total. The Morgan fingerprint density at radius 3 is 2.56 bits per heavy atom. The molecule has 1 aromatic carbocycles. The third-order valence-electron chi connectivity index (χ3n) is 2.17. The van der Waals surface area contributed by atoms with Crippen molar-refractivity contribution in [1.29, 1.82) is 0 Å². The van der Waals surface area contributed by atoms with Crippen LogP contribution in [0.2, 0.25) is 0 Å². The van der Waals surface area contributed by atoms with Gasteiger partial charge in [0.05, 0.1) is 6.54 Å². The third-order valence-corrected chi connectivity index (χ3v) is 2.17. The van der Waals surface area contributed by atoms with Gasteiger partial charge >= 0.3 is 0 Å². The van der Waals surface area contributed by atoms with E-state index in [1.165, 1.54) is 5.56 Å². The molecule has 88 valence electrons. The van der Waals surface area contributed by atoms with Crippen LogP contribution in [0.25, 0.3) is 0 Å². The van der Waals surface area contributed by atoms with Crippen LogP contribution < -0.4 is 10.6 Å². The van der Waals surface area contributed by atoms with Crippen LogP contribution >= 0.6 is 0 Å². The van der Waals surface area contributed by atoms with Gasteiger partial charge in [-0.1, -0.05) is 30.3 Å². The fourth-order valence-electron chi connectivity index (χ4n) is 1.45. The molecule has 3 heteroatoms. The van der Waals surface area contributed by atoms with Crippen molar-refractivity contribution < 1.29 is 4.79 Å². The van der Waals surface area contributed by atoms with Gasteiger partial charge in [-0.25, -0.2) is 0 Å². The first-order chi connectivity index (χ1) is 7.68. The summed E-state index contributed by atoms with van der Waals surface area (Å²) < 4.78 is 0. The Labute approximate surface area is 97.2 Å². The molecular formula is C13H20N2O. The molecule has 0 fully saturated rings. The van der Waals surface area contributed by atoms with Crippen molar-refractivity contribution in [2.75, 3.05) is 13.1 Å². The molecule has 0 unspecified atom stereocenters. The van der Waals surface area contributed by atoms with Gasteiger partial charge in [0.2, 0.25) is 5.91 Å².